The molecule has 0 aliphatic rings. The van der Waals surface area contributed by atoms with Gasteiger partial charge in [-0.1, -0.05) is 12.1 Å². The first kappa shape index (κ1) is 16.4. The van der Waals surface area contributed by atoms with Crippen LogP contribution in [-0.2, 0) is 13.0 Å². The molecule has 1 aromatic carbocycles. The number of carbonyl (C=O) groups excluding carboxylic acids is 1. The van der Waals surface area contributed by atoms with Crippen LogP contribution < -0.4 is 10.1 Å². The summed E-state index contributed by atoms with van der Waals surface area (Å²) in [6.45, 7) is 3.35. The molecule has 4 nitrogen and oxygen atoms in total. The van der Waals surface area contributed by atoms with Crippen molar-refractivity contribution >= 4 is 17.4 Å². The molecule has 0 saturated carbocycles. The maximum Gasteiger partial charge on any atom is 0.317 e. The molecule has 0 radical (unpaired) electrons. The lowest BCUT2D eigenvalue weighted by Crippen LogP contribution is -2.37. The van der Waals surface area contributed by atoms with Crippen molar-refractivity contribution in [2.75, 3.05) is 20.7 Å². The van der Waals surface area contributed by atoms with Crippen LogP contribution in [0.4, 0.5) is 4.79 Å². The molecule has 1 aromatic heterocycles. The number of hydrogen-bond acceptors (Lipinski definition) is 3. The van der Waals surface area contributed by atoms with E-state index in [1.807, 2.05) is 31.3 Å². The van der Waals surface area contributed by atoms with Gasteiger partial charge in [0.25, 0.3) is 0 Å². The summed E-state index contributed by atoms with van der Waals surface area (Å²) in [6, 6.07) is 9.94. The molecular weight excluding hydrogens is 296 g/mol. The van der Waals surface area contributed by atoms with E-state index >= 15 is 0 Å². The van der Waals surface area contributed by atoms with Crippen molar-refractivity contribution in [3.8, 4) is 5.75 Å². The average Bonchev–Trinajstić information content (AvgIpc) is 2.93. The lowest BCUT2D eigenvalue weighted by Gasteiger charge is -2.17. The third-order valence-electron chi connectivity index (χ3n) is 3.54. The highest BCUT2D eigenvalue weighted by Gasteiger charge is 2.10. The summed E-state index contributed by atoms with van der Waals surface area (Å²) in [6.07, 6.45) is 0.807. The zero-order valence-electron chi connectivity index (χ0n) is 13.3. The maximum absolute atomic E-state index is 12.1. The van der Waals surface area contributed by atoms with Crippen molar-refractivity contribution < 1.29 is 9.53 Å². The molecule has 1 N–H and O–H groups in total. The van der Waals surface area contributed by atoms with Gasteiger partial charge in [-0.3, -0.25) is 0 Å². The molecular formula is C17H22N2O2S. The Morgan fingerprint density at radius 1 is 1.27 bits per heavy atom. The van der Waals surface area contributed by atoms with E-state index in [2.05, 4.69) is 23.7 Å². The Labute approximate surface area is 135 Å². The molecule has 0 bridgehead atoms. The van der Waals surface area contributed by atoms with Crippen LogP contribution in [0.5, 0.6) is 5.75 Å². The second-order valence-corrected chi connectivity index (χ2v) is 6.21. The number of nitrogens with zero attached hydrogens (tertiary/aromatic N) is 1. The molecule has 0 aliphatic heterocycles. The maximum atomic E-state index is 12.1. The normalized spacial score (nSPS) is 10.3. The average molecular weight is 318 g/mol. The lowest BCUT2D eigenvalue weighted by molar-refractivity contribution is 0.207. The van der Waals surface area contributed by atoms with E-state index in [0.717, 1.165) is 12.2 Å². The third kappa shape index (κ3) is 4.49. The molecule has 5 heteroatoms. The SMILES string of the molecule is COc1ccc(CCNC(=O)N(C)Cc2sccc2C)cc1. The minimum atomic E-state index is -0.0405. The number of methoxy groups -OCH3 is 1. The van der Waals surface area contributed by atoms with Gasteiger partial charge in [-0.2, -0.15) is 0 Å². The van der Waals surface area contributed by atoms with Crippen molar-refractivity contribution in [3.63, 3.8) is 0 Å². The van der Waals surface area contributed by atoms with Gasteiger partial charge in [0.15, 0.2) is 0 Å². The van der Waals surface area contributed by atoms with E-state index in [1.54, 1.807) is 23.3 Å². The molecule has 0 saturated heterocycles. The second-order valence-electron chi connectivity index (χ2n) is 5.21. The molecule has 118 valence electrons. The number of thiophene rings is 1. The molecule has 0 spiro atoms. The van der Waals surface area contributed by atoms with Crippen molar-refractivity contribution in [1.82, 2.24) is 10.2 Å². The van der Waals surface area contributed by atoms with E-state index in [0.29, 0.717) is 13.1 Å². The Balaban J connectivity index is 1.75. The number of ether oxygens (including phenoxy) is 1. The number of rotatable bonds is 6. The van der Waals surface area contributed by atoms with Crippen molar-refractivity contribution in [3.05, 3.63) is 51.7 Å². The van der Waals surface area contributed by atoms with Crippen molar-refractivity contribution in [2.45, 2.75) is 19.9 Å². The van der Waals surface area contributed by atoms with Gasteiger partial charge in [-0.05, 0) is 48.1 Å². The Morgan fingerprint density at radius 2 is 2.00 bits per heavy atom. The minimum absolute atomic E-state index is 0.0405. The van der Waals surface area contributed by atoms with Crippen molar-refractivity contribution in [2.24, 2.45) is 0 Å². The predicted octanol–water partition coefficient (Wildman–Crippen LogP) is 3.45. The fourth-order valence-corrected chi connectivity index (χ4v) is 3.05. The van der Waals surface area contributed by atoms with Gasteiger partial charge in [0.2, 0.25) is 0 Å². The first-order valence-electron chi connectivity index (χ1n) is 7.25. The van der Waals surface area contributed by atoms with Gasteiger partial charge in [0, 0.05) is 18.5 Å². The van der Waals surface area contributed by atoms with E-state index in [4.69, 9.17) is 4.74 Å². The largest absolute Gasteiger partial charge is 0.497 e. The Bertz CT molecular complexity index is 607. The summed E-state index contributed by atoms with van der Waals surface area (Å²) >= 11 is 1.69. The Hall–Kier alpha value is -2.01. The summed E-state index contributed by atoms with van der Waals surface area (Å²) < 4.78 is 5.13. The monoisotopic (exact) mass is 318 g/mol. The zero-order valence-corrected chi connectivity index (χ0v) is 14.1. The van der Waals surface area contributed by atoms with E-state index in [9.17, 15) is 4.79 Å². The van der Waals surface area contributed by atoms with Gasteiger partial charge in [-0.15, -0.1) is 11.3 Å². The highest BCUT2D eigenvalue weighted by Crippen LogP contribution is 2.17. The number of hydrogen-bond donors (Lipinski definition) is 1. The molecule has 0 atom stereocenters. The molecule has 22 heavy (non-hydrogen) atoms. The van der Waals surface area contributed by atoms with Gasteiger partial charge < -0.3 is 15.0 Å². The Morgan fingerprint density at radius 3 is 2.59 bits per heavy atom. The van der Waals surface area contributed by atoms with E-state index in [1.165, 1.54) is 16.0 Å². The molecule has 2 rings (SSSR count). The fraction of sp³-hybridized carbons (Fsp3) is 0.353. The lowest BCUT2D eigenvalue weighted by atomic mass is 10.1. The van der Waals surface area contributed by atoms with Crippen LogP contribution in [0.15, 0.2) is 35.7 Å². The molecule has 0 fully saturated rings. The number of nitrogens with one attached hydrogen (secondary N) is 1. The van der Waals surface area contributed by atoms with E-state index < -0.39 is 0 Å². The van der Waals surface area contributed by atoms with E-state index in [-0.39, 0.29) is 6.03 Å². The van der Waals surface area contributed by atoms with Crippen molar-refractivity contribution in [1.29, 1.82) is 0 Å². The zero-order chi connectivity index (χ0) is 15.9. The van der Waals surface area contributed by atoms with Gasteiger partial charge in [0.05, 0.1) is 13.7 Å². The number of benzene rings is 1. The highest BCUT2D eigenvalue weighted by atomic mass is 32.1. The number of urea groups is 1. The highest BCUT2D eigenvalue weighted by molar-refractivity contribution is 7.10. The quantitative estimate of drug-likeness (QED) is 0.886. The molecule has 0 aliphatic carbocycles. The minimum Gasteiger partial charge on any atom is -0.497 e. The van der Waals surface area contributed by atoms with Crippen LogP contribution in [0.2, 0.25) is 0 Å². The number of aryl methyl sites for hydroxylation is 1. The van der Waals surface area contributed by atoms with Gasteiger partial charge >= 0.3 is 6.03 Å². The summed E-state index contributed by atoms with van der Waals surface area (Å²) in [5.41, 5.74) is 2.42. The Kier molecular flexibility index (Phi) is 5.83. The van der Waals surface area contributed by atoms with Crippen LogP contribution >= 0.6 is 11.3 Å². The van der Waals surface area contributed by atoms with Crippen LogP contribution in [-0.4, -0.2) is 31.6 Å². The molecule has 0 unspecified atom stereocenters. The van der Waals surface area contributed by atoms with Crippen LogP contribution in [0.1, 0.15) is 16.0 Å². The fourth-order valence-electron chi connectivity index (χ4n) is 2.09. The predicted molar refractivity (Wildman–Crippen MR) is 90.6 cm³/mol. The van der Waals surface area contributed by atoms with Crippen LogP contribution in [0.25, 0.3) is 0 Å². The third-order valence-corrected chi connectivity index (χ3v) is 4.55. The summed E-state index contributed by atoms with van der Waals surface area (Å²) in [5.74, 6) is 0.846. The number of amides is 2. The first-order chi connectivity index (χ1) is 10.6. The summed E-state index contributed by atoms with van der Waals surface area (Å²) in [4.78, 5) is 15.0. The van der Waals surface area contributed by atoms with Gasteiger partial charge in [0.1, 0.15) is 5.75 Å². The van der Waals surface area contributed by atoms with Crippen LogP contribution in [0, 0.1) is 6.92 Å². The molecule has 2 aromatic rings. The van der Waals surface area contributed by atoms with Gasteiger partial charge in [-0.25, -0.2) is 4.79 Å². The first-order valence-corrected chi connectivity index (χ1v) is 8.13. The van der Waals surface area contributed by atoms with Crippen LogP contribution in [0.3, 0.4) is 0 Å². The topological polar surface area (TPSA) is 41.6 Å². The second kappa shape index (κ2) is 7.84. The molecule has 1 heterocycles. The summed E-state index contributed by atoms with van der Waals surface area (Å²) in [5, 5.41) is 5.01. The summed E-state index contributed by atoms with van der Waals surface area (Å²) in [7, 11) is 3.47. The number of carbonyl (C=O) groups is 1. The smallest absolute Gasteiger partial charge is 0.317 e. The molecule has 2 amide bonds. The standard InChI is InChI=1S/C17H22N2O2S/c1-13-9-11-22-16(13)12-19(2)17(20)18-10-8-14-4-6-15(21-3)7-5-14/h4-7,9,11H,8,10,12H2,1-3H3,(H,18,20).